The number of hydrogen-bond donors (Lipinski definition) is 1. The first-order valence-corrected chi connectivity index (χ1v) is 6.71. The van der Waals surface area contributed by atoms with Crippen LogP contribution in [0, 0.1) is 17.1 Å². The Kier molecular flexibility index (Phi) is 3.61. The summed E-state index contributed by atoms with van der Waals surface area (Å²) in [5.74, 6) is -1.01. The van der Waals surface area contributed by atoms with E-state index < -0.39 is 17.3 Å². The van der Waals surface area contributed by atoms with Crippen molar-refractivity contribution in [1.29, 1.82) is 5.26 Å². The van der Waals surface area contributed by atoms with Crippen LogP contribution in [-0.4, -0.2) is 10.3 Å². The van der Waals surface area contributed by atoms with Gasteiger partial charge in [-0.05, 0) is 42.5 Å². The quantitative estimate of drug-likeness (QED) is 0.790. The Balaban J connectivity index is 2.05. The molecular formula is C17H10FN3O2. The molecule has 0 saturated carbocycles. The number of pyridine rings is 2. The summed E-state index contributed by atoms with van der Waals surface area (Å²) in [4.78, 5) is 24.5. The lowest BCUT2D eigenvalue weighted by molar-refractivity contribution is 0.102. The number of hydrogen-bond acceptors (Lipinski definition) is 3. The number of benzene rings is 1. The van der Waals surface area contributed by atoms with E-state index in [4.69, 9.17) is 0 Å². The first kappa shape index (κ1) is 14.5. The smallest absolute Gasteiger partial charge is 0.278 e. The standard InChI is InChI=1S/C17H10FN3O2/c18-13-6-4-11(5-7-13)16(22)20-14-9-12(10-19)15-3-1-2-8-21(15)17(14)23/h1-9H,(H,20,22). The molecule has 0 aliphatic carbocycles. The number of amides is 1. The molecule has 1 N–H and O–H groups in total. The molecule has 0 atom stereocenters. The lowest BCUT2D eigenvalue weighted by Gasteiger charge is -2.08. The summed E-state index contributed by atoms with van der Waals surface area (Å²) in [6.07, 6.45) is 1.52. The summed E-state index contributed by atoms with van der Waals surface area (Å²) in [7, 11) is 0. The van der Waals surface area contributed by atoms with Gasteiger partial charge in [0.15, 0.2) is 0 Å². The van der Waals surface area contributed by atoms with Gasteiger partial charge in [0, 0.05) is 11.8 Å². The predicted molar refractivity (Wildman–Crippen MR) is 82.7 cm³/mol. The molecule has 0 aliphatic rings. The van der Waals surface area contributed by atoms with E-state index in [-0.39, 0.29) is 16.8 Å². The topological polar surface area (TPSA) is 74.4 Å². The van der Waals surface area contributed by atoms with Crippen LogP contribution < -0.4 is 10.9 Å². The van der Waals surface area contributed by atoms with Crippen molar-refractivity contribution in [2.45, 2.75) is 0 Å². The fourth-order valence-corrected chi connectivity index (χ4v) is 2.22. The van der Waals surface area contributed by atoms with Crippen LogP contribution in [0.25, 0.3) is 5.52 Å². The minimum Gasteiger partial charge on any atom is -0.317 e. The van der Waals surface area contributed by atoms with E-state index in [1.54, 1.807) is 18.2 Å². The number of carbonyl (C=O) groups is 1. The molecule has 0 saturated heterocycles. The van der Waals surface area contributed by atoms with Gasteiger partial charge in [0.25, 0.3) is 11.5 Å². The summed E-state index contributed by atoms with van der Waals surface area (Å²) >= 11 is 0. The zero-order valence-electron chi connectivity index (χ0n) is 11.8. The Hall–Kier alpha value is -3.46. The van der Waals surface area contributed by atoms with E-state index in [9.17, 15) is 19.2 Å². The van der Waals surface area contributed by atoms with Gasteiger partial charge in [-0.15, -0.1) is 0 Å². The molecule has 0 spiro atoms. The largest absolute Gasteiger partial charge is 0.317 e. The Morgan fingerprint density at radius 2 is 1.91 bits per heavy atom. The minimum atomic E-state index is -0.554. The Morgan fingerprint density at radius 3 is 2.61 bits per heavy atom. The highest BCUT2D eigenvalue weighted by Crippen LogP contribution is 2.13. The van der Waals surface area contributed by atoms with E-state index in [0.717, 1.165) is 12.1 Å². The second-order valence-electron chi connectivity index (χ2n) is 4.81. The van der Waals surface area contributed by atoms with E-state index in [1.165, 1.54) is 28.8 Å². The van der Waals surface area contributed by atoms with Crippen molar-refractivity contribution >= 4 is 17.1 Å². The molecule has 2 aromatic heterocycles. The molecule has 3 aromatic rings. The molecule has 0 aliphatic heterocycles. The minimum absolute atomic E-state index is 0.0143. The van der Waals surface area contributed by atoms with Crippen LogP contribution in [0.4, 0.5) is 10.1 Å². The molecule has 5 nitrogen and oxygen atoms in total. The molecule has 0 unspecified atom stereocenters. The third-order valence-corrected chi connectivity index (χ3v) is 3.35. The van der Waals surface area contributed by atoms with Crippen molar-refractivity contribution in [2.24, 2.45) is 0 Å². The van der Waals surface area contributed by atoms with Gasteiger partial charge in [0.05, 0.1) is 11.1 Å². The molecule has 112 valence electrons. The van der Waals surface area contributed by atoms with Crippen LogP contribution in [0.2, 0.25) is 0 Å². The Bertz CT molecular complexity index is 1000. The van der Waals surface area contributed by atoms with Crippen molar-refractivity contribution in [3.63, 3.8) is 0 Å². The lowest BCUT2D eigenvalue weighted by Crippen LogP contribution is -2.23. The molecule has 3 rings (SSSR count). The molecule has 0 bridgehead atoms. The molecule has 6 heteroatoms. The van der Waals surface area contributed by atoms with Crippen molar-refractivity contribution < 1.29 is 9.18 Å². The number of nitrogens with one attached hydrogen (secondary N) is 1. The van der Waals surface area contributed by atoms with Gasteiger partial charge in [-0.3, -0.25) is 14.0 Å². The van der Waals surface area contributed by atoms with Crippen LogP contribution in [0.1, 0.15) is 15.9 Å². The number of halogens is 1. The summed E-state index contributed by atoms with van der Waals surface area (Å²) < 4.78 is 14.2. The van der Waals surface area contributed by atoms with Gasteiger partial charge < -0.3 is 5.32 Å². The zero-order chi connectivity index (χ0) is 16.4. The highest BCUT2D eigenvalue weighted by atomic mass is 19.1. The monoisotopic (exact) mass is 307 g/mol. The van der Waals surface area contributed by atoms with Crippen molar-refractivity contribution in [3.05, 3.63) is 82.0 Å². The van der Waals surface area contributed by atoms with Gasteiger partial charge in [-0.25, -0.2) is 4.39 Å². The molecule has 1 amide bonds. The number of aromatic nitrogens is 1. The fourth-order valence-electron chi connectivity index (χ4n) is 2.22. The fraction of sp³-hybridized carbons (Fsp3) is 0. The van der Waals surface area contributed by atoms with Crippen LogP contribution in [-0.2, 0) is 0 Å². The third-order valence-electron chi connectivity index (χ3n) is 3.35. The van der Waals surface area contributed by atoms with Gasteiger partial charge in [-0.1, -0.05) is 6.07 Å². The van der Waals surface area contributed by atoms with Crippen molar-refractivity contribution in [3.8, 4) is 6.07 Å². The van der Waals surface area contributed by atoms with Gasteiger partial charge in [0.2, 0.25) is 0 Å². The van der Waals surface area contributed by atoms with Crippen LogP contribution >= 0.6 is 0 Å². The van der Waals surface area contributed by atoms with E-state index in [0.29, 0.717) is 5.52 Å². The normalized spacial score (nSPS) is 10.3. The molecule has 0 fully saturated rings. The highest BCUT2D eigenvalue weighted by molar-refractivity contribution is 6.04. The first-order chi connectivity index (χ1) is 11.1. The predicted octanol–water partition coefficient (Wildman–Crippen LogP) is 2.56. The van der Waals surface area contributed by atoms with Crippen LogP contribution in [0.3, 0.4) is 0 Å². The lowest BCUT2D eigenvalue weighted by atomic mass is 10.2. The van der Waals surface area contributed by atoms with Crippen LogP contribution in [0.5, 0.6) is 0 Å². The number of nitrogens with zero attached hydrogens (tertiary/aromatic N) is 2. The maximum atomic E-state index is 12.9. The summed E-state index contributed by atoms with van der Waals surface area (Å²) in [5.41, 5.74) is 0.469. The number of carbonyl (C=O) groups excluding carboxylic acids is 1. The molecular weight excluding hydrogens is 297 g/mol. The molecule has 2 heterocycles. The van der Waals surface area contributed by atoms with E-state index >= 15 is 0 Å². The highest BCUT2D eigenvalue weighted by Gasteiger charge is 2.12. The van der Waals surface area contributed by atoms with E-state index in [2.05, 4.69) is 5.32 Å². The van der Waals surface area contributed by atoms with Crippen LogP contribution in [0.15, 0.2) is 59.5 Å². The average molecular weight is 307 g/mol. The Labute approximate surface area is 130 Å². The average Bonchev–Trinajstić information content (AvgIpc) is 2.58. The number of fused-ring (bicyclic) bond motifs is 1. The molecule has 23 heavy (non-hydrogen) atoms. The summed E-state index contributed by atoms with van der Waals surface area (Å²) in [6, 6.07) is 13.3. The third kappa shape index (κ3) is 2.68. The maximum Gasteiger partial charge on any atom is 0.278 e. The van der Waals surface area contributed by atoms with Crippen molar-refractivity contribution in [1.82, 2.24) is 4.40 Å². The number of nitriles is 1. The number of rotatable bonds is 2. The van der Waals surface area contributed by atoms with Crippen molar-refractivity contribution in [2.75, 3.05) is 5.32 Å². The molecule has 0 radical (unpaired) electrons. The second-order valence-corrected chi connectivity index (χ2v) is 4.81. The van der Waals surface area contributed by atoms with Gasteiger partial charge in [-0.2, -0.15) is 5.26 Å². The second kappa shape index (κ2) is 5.73. The first-order valence-electron chi connectivity index (χ1n) is 6.71. The van der Waals surface area contributed by atoms with Gasteiger partial charge in [0.1, 0.15) is 17.6 Å². The number of anilines is 1. The maximum absolute atomic E-state index is 12.9. The van der Waals surface area contributed by atoms with Gasteiger partial charge >= 0.3 is 0 Å². The Morgan fingerprint density at radius 1 is 1.17 bits per heavy atom. The molecule has 1 aromatic carbocycles. The summed E-state index contributed by atoms with van der Waals surface area (Å²) in [6.45, 7) is 0. The summed E-state index contributed by atoms with van der Waals surface area (Å²) in [5, 5.41) is 11.7. The SMILES string of the molecule is N#Cc1cc(NC(=O)c2ccc(F)cc2)c(=O)n2ccccc12. The zero-order valence-corrected chi connectivity index (χ0v) is 11.8. The van der Waals surface area contributed by atoms with E-state index in [1.807, 2.05) is 6.07 Å².